The van der Waals surface area contributed by atoms with Crippen LogP contribution in [0.2, 0.25) is 0 Å². The number of imidazole rings is 1. The standard InChI is InChI=1S/C14H14N4/c1-18(2)13-6-4-3-5-10(13)11-7-15-8-12-14(11)17-9-16-12/h3-9H,1-2H3,(H,16,17). The van der Waals surface area contributed by atoms with Crippen LogP contribution in [0, 0.1) is 0 Å². The number of fused-ring (bicyclic) bond motifs is 1. The third-order valence-electron chi connectivity index (χ3n) is 3.01. The van der Waals surface area contributed by atoms with Crippen molar-refractivity contribution in [1.29, 1.82) is 0 Å². The van der Waals surface area contributed by atoms with Gasteiger partial charge in [0.25, 0.3) is 0 Å². The molecular formula is C14H14N4. The van der Waals surface area contributed by atoms with Gasteiger partial charge in [0.2, 0.25) is 0 Å². The maximum atomic E-state index is 4.38. The molecule has 1 N–H and O–H groups in total. The molecule has 0 saturated carbocycles. The van der Waals surface area contributed by atoms with Gasteiger partial charge in [0, 0.05) is 37.1 Å². The molecular weight excluding hydrogens is 224 g/mol. The molecule has 0 radical (unpaired) electrons. The van der Waals surface area contributed by atoms with E-state index in [9.17, 15) is 0 Å². The van der Waals surface area contributed by atoms with Crippen LogP contribution in [0.15, 0.2) is 43.0 Å². The first kappa shape index (κ1) is 10.8. The highest BCUT2D eigenvalue weighted by atomic mass is 15.1. The summed E-state index contributed by atoms with van der Waals surface area (Å²) in [5.41, 5.74) is 5.28. The van der Waals surface area contributed by atoms with Crippen molar-refractivity contribution >= 4 is 16.7 Å². The fraction of sp³-hybridized carbons (Fsp3) is 0.143. The molecule has 4 heteroatoms. The molecule has 3 aromatic rings. The Labute approximate surface area is 105 Å². The van der Waals surface area contributed by atoms with Crippen molar-refractivity contribution in [3.05, 3.63) is 43.0 Å². The molecule has 2 heterocycles. The van der Waals surface area contributed by atoms with E-state index in [1.807, 2.05) is 32.4 Å². The second-order valence-electron chi connectivity index (χ2n) is 4.40. The molecule has 90 valence electrons. The van der Waals surface area contributed by atoms with Crippen LogP contribution in [0.1, 0.15) is 0 Å². The Morgan fingerprint density at radius 2 is 1.89 bits per heavy atom. The van der Waals surface area contributed by atoms with E-state index in [4.69, 9.17) is 0 Å². The Hall–Kier alpha value is -2.36. The molecule has 4 nitrogen and oxygen atoms in total. The van der Waals surface area contributed by atoms with Gasteiger partial charge in [0.05, 0.1) is 23.6 Å². The van der Waals surface area contributed by atoms with Gasteiger partial charge >= 0.3 is 0 Å². The van der Waals surface area contributed by atoms with Crippen molar-refractivity contribution in [3.63, 3.8) is 0 Å². The first-order valence-corrected chi connectivity index (χ1v) is 5.81. The summed E-state index contributed by atoms with van der Waals surface area (Å²) >= 11 is 0. The second-order valence-corrected chi connectivity index (χ2v) is 4.40. The van der Waals surface area contributed by atoms with Crippen molar-refractivity contribution in [2.75, 3.05) is 19.0 Å². The summed E-state index contributed by atoms with van der Waals surface area (Å²) in [6.45, 7) is 0. The van der Waals surface area contributed by atoms with Gasteiger partial charge in [-0.2, -0.15) is 0 Å². The first-order chi connectivity index (χ1) is 8.77. The Kier molecular flexibility index (Phi) is 2.48. The molecule has 0 bridgehead atoms. The molecule has 0 atom stereocenters. The predicted molar refractivity (Wildman–Crippen MR) is 73.7 cm³/mol. The lowest BCUT2D eigenvalue weighted by Gasteiger charge is -2.17. The van der Waals surface area contributed by atoms with E-state index in [-0.39, 0.29) is 0 Å². The minimum atomic E-state index is 0.958. The minimum absolute atomic E-state index is 0.958. The van der Waals surface area contributed by atoms with Gasteiger partial charge in [-0.05, 0) is 6.07 Å². The Balaban J connectivity index is 2.29. The first-order valence-electron chi connectivity index (χ1n) is 5.81. The van der Waals surface area contributed by atoms with E-state index in [1.165, 1.54) is 0 Å². The van der Waals surface area contributed by atoms with Crippen molar-refractivity contribution < 1.29 is 0 Å². The Morgan fingerprint density at radius 1 is 1.06 bits per heavy atom. The summed E-state index contributed by atoms with van der Waals surface area (Å²) in [6.07, 6.45) is 5.36. The molecule has 0 aliphatic rings. The maximum absolute atomic E-state index is 4.38. The van der Waals surface area contributed by atoms with Crippen LogP contribution in [0.5, 0.6) is 0 Å². The summed E-state index contributed by atoms with van der Waals surface area (Å²) < 4.78 is 0. The fourth-order valence-corrected chi connectivity index (χ4v) is 2.15. The van der Waals surface area contributed by atoms with Gasteiger partial charge in [-0.25, -0.2) is 4.98 Å². The van der Waals surface area contributed by atoms with Crippen LogP contribution in [-0.4, -0.2) is 29.0 Å². The Bertz CT molecular complexity index is 685. The predicted octanol–water partition coefficient (Wildman–Crippen LogP) is 2.69. The largest absolute Gasteiger partial charge is 0.377 e. The number of nitrogens with one attached hydrogen (secondary N) is 1. The number of aromatic nitrogens is 3. The average Bonchev–Trinajstić information content (AvgIpc) is 2.86. The average molecular weight is 238 g/mol. The van der Waals surface area contributed by atoms with Crippen LogP contribution in [0.3, 0.4) is 0 Å². The lowest BCUT2D eigenvalue weighted by atomic mass is 10.0. The summed E-state index contributed by atoms with van der Waals surface area (Å²) in [5, 5.41) is 0. The van der Waals surface area contributed by atoms with E-state index in [0.29, 0.717) is 0 Å². The molecule has 2 aromatic heterocycles. The van der Waals surface area contributed by atoms with Crippen LogP contribution < -0.4 is 4.90 Å². The zero-order valence-corrected chi connectivity index (χ0v) is 10.4. The number of hydrogen-bond donors (Lipinski definition) is 1. The number of anilines is 1. The van der Waals surface area contributed by atoms with E-state index in [0.717, 1.165) is 27.8 Å². The van der Waals surface area contributed by atoms with E-state index >= 15 is 0 Å². The smallest absolute Gasteiger partial charge is 0.0993 e. The molecule has 0 fully saturated rings. The monoisotopic (exact) mass is 238 g/mol. The quantitative estimate of drug-likeness (QED) is 0.746. The van der Waals surface area contributed by atoms with Crippen molar-refractivity contribution in [3.8, 4) is 11.1 Å². The number of nitrogens with zero attached hydrogens (tertiary/aromatic N) is 3. The van der Waals surface area contributed by atoms with Gasteiger partial charge in [-0.3, -0.25) is 4.98 Å². The number of aromatic amines is 1. The molecule has 1 aromatic carbocycles. The molecule has 18 heavy (non-hydrogen) atoms. The zero-order valence-electron chi connectivity index (χ0n) is 10.4. The second kappa shape index (κ2) is 4.14. The van der Waals surface area contributed by atoms with Gasteiger partial charge < -0.3 is 9.88 Å². The third kappa shape index (κ3) is 1.62. The van der Waals surface area contributed by atoms with Crippen LogP contribution in [0.25, 0.3) is 22.2 Å². The van der Waals surface area contributed by atoms with Crippen LogP contribution in [0.4, 0.5) is 5.69 Å². The number of pyridine rings is 1. The summed E-state index contributed by atoms with van der Waals surface area (Å²) in [7, 11) is 4.08. The number of H-pyrrole nitrogens is 1. The van der Waals surface area contributed by atoms with Crippen molar-refractivity contribution in [2.45, 2.75) is 0 Å². The molecule has 0 spiro atoms. The van der Waals surface area contributed by atoms with Crippen molar-refractivity contribution in [1.82, 2.24) is 15.0 Å². The SMILES string of the molecule is CN(C)c1ccccc1-c1cncc2[nH]cnc12. The van der Waals surface area contributed by atoms with Crippen molar-refractivity contribution in [2.24, 2.45) is 0 Å². The minimum Gasteiger partial charge on any atom is -0.377 e. The molecule has 0 unspecified atom stereocenters. The summed E-state index contributed by atoms with van der Waals surface area (Å²) in [6, 6.07) is 8.27. The zero-order chi connectivity index (χ0) is 12.5. The lowest BCUT2D eigenvalue weighted by molar-refractivity contribution is 1.13. The summed E-state index contributed by atoms with van der Waals surface area (Å²) in [5.74, 6) is 0. The number of rotatable bonds is 2. The fourth-order valence-electron chi connectivity index (χ4n) is 2.15. The highest BCUT2D eigenvalue weighted by Gasteiger charge is 2.11. The van der Waals surface area contributed by atoms with E-state index in [1.54, 1.807) is 12.5 Å². The molecule has 3 rings (SSSR count). The molecule has 0 amide bonds. The molecule has 0 aliphatic heterocycles. The lowest BCUT2D eigenvalue weighted by Crippen LogP contribution is -2.09. The van der Waals surface area contributed by atoms with Gasteiger partial charge in [0.1, 0.15) is 0 Å². The maximum Gasteiger partial charge on any atom is 0.0993 e. The van der Waals surface area contributed by atoms with Gasteiger partial charge in [-0.15, -0.1) is 0 Å². The summed E-state index contributed by atoms with van der Waals surface area (Å²) in [4.78, 5) is 13.8. The Morgan fingerprint density at radius 3 is 2.72 bits per heavy atom. The number of hydrogen-bond acceptors (Lipinski definition) is 3. The number of para-hydroxylation sites is 1. The topological polar surface area (TPSA) is 44.8 Å². The van der Waals surface area contributed by atoms with Gasteiger partial charge in [0.15, 0.2) is 0 Å². The van der Waals surface area contributed by atoms with Gasteiger partial charge in [-0.1, -0.05) is 18.2 Å². The van der Waals surface area contributed by atoms with Crippen LogP contribution in [-0.2, 0) is 0 Å². The molecule has 0 aliphatic carbocycles. The third-order valence-corrected chi connectivity index (χ3v) is 3.01. The molecule has 0 saturated heterocycles. The van der Waals surface area contributed by atoms with E-state index in [2.05, 4.69) is 32.0 Å². The van der Waals surface area contributed by atoms with Crippen LogP contribution >= 0.6 is 0 Å². The normalized spacial score (nSPS) is 10.8. The van der Waals surface area contributed by atoms with E-state index < -0.39 is 0 Å². The highest BCUT2D eigenvalue weighted by molar-refractivity contribution is 5.94. The number of benzene rings is 1. The highest BCUT2D eigenvalue weighted by Crippen LogP contribution is 2.32.